The minimum atomic E-state index is 0.858. The maximum Gasteiger partial charge on any atom is 0.0934 e. The molecule has 4 rings (SSSR count). The van der Waals surface area contributed by atoms with Gasteiger partial charge in [0.25, 0.3) is 0 Å². The van der Waals surface area contributed by atoms with Crippen LogP contribution < -0.4 is 5.32 Å². The lowest BCUT2D eigenvalue weighted by Gasteiger charge is -2.09. The topological polar surface area (TPSA) is 17.0 Å². The van der Waals surface area contributed by atoms with Crippen LogP contribution in [-0.2, 0) is 19.4 Å². The summed E-state index contributed by atoms with van der Waals surface area (Å²) in [5, 5.41) is 3.52. The third-order valence-electron chi connectivity index (χ3n) is 4.43. The summed E-state index contributed by atoms with van der Waals surface area (Å²) in [5.41, 5.74) is 5.66. The molecule has 0 spiro atoms. The number of rotatable bonds is 3. The zero-order valence-electron chi connectivity index (χ0n) is 12.9. The van der Waals surface area contributed by atoms with E-state index in [1.165, 1.54) is 27.3 Å². The Bertz CT molecular complexity index is 804. The van der Waals surface area contributed by atoms with Crippen molar-refractivity contribution in [3.8, 4) is 10.4 Å². The Morgan fingerprint density at radius 2 is 1.87 bits per heavy atom. The summed E-state index contributed by atoms with van der Waals surface area (Å²) < 4.78 is 3.29. The van der Waals surface area contributed by atoms with E-state index in [-0.39, 0.29) is 0 Å². The first-order valence-corrected chi connectivity index (χ1v) is 9.22. The maximum atomic E-state index is 6.16. The van der Waals surface area contributed by atoms with Crippen molar-refractivity contribution in [2.24, 2.45) is 0 Å². The van der Waals surface area contributed by atoms with Gasteiger partial charge in [0.05, 0.1) is 4.34 Å². The third kappa shape index (κ3) is 3.09. The number of benzene rings is 1. The fourth-order valence-electron chi connectivity index (χ4n) is 3.35. The van der Waals surface area contributed by atoms with Crippen LogP contribution in [0.15, 0.2) is 48.7 Å². The summed E-state index contributed by atoms with van der Waals surface area (Å²) in [5.74, 6) is 0. The standard InChI is InChI=1S/C19H19ClN2S/c20-19-7-6-18(23-19)16-13-22(12-14-4-2-1-3-5-14)17-9-11-21-10-8-15(16)17/h1-7,13,21H,8-12H2. The van der Waals surface area contributed by atoms with E-state index in [1.54, 1.807) is 11.3 Å². The molecule has 2 aromatic heterocycles. The van der Waals surface area contributed by atoms with Crippen LogP contribution in [0.25, 0.3) is 10.4 Å². The van der Waals surface area contributed by atoms with E-state index in [1.807, 2.05) is 6.07 Å². The van der Waals surface area contributed by atoms with Crippen molar-refractivity contribution >= 4 is 22.9 Å². The highest BCUT2D eigenvalue weighted by molar-refractivity contribution is 7.19. The fourth-order valence-corrected chi connectivity index (χ4v) is 4.43. The first-order valence-electron chi connectivity index (χ1n) is 8.02. The Hall–Kier alpha value is -1.55. The van der Waals surface area contributed by atoms with Crippen molar-refractivity contribution in [2.45, 2.75) is 19.4 Å². The summed E-state index contributed by atoms with van der Waals surface area (Å²) in [4.78, 5) is 1.28. The van der Waals surface area contributed by atoms with Crippen molar-refractivity contribution < 1.29 is 0 Å². The average Bonchev–Trinajstić information content (AvgIpc) is 3.03. The van der Waals surface area contributed by atoms with Crippen molar-refractivity contribution in [1.82, 2.24) is 9.88 Å². The van der Waals surface area contributed by atoms with Gasteiger partial charge in [0.1, 0.15) is 0 Å². The van der Waals surface area contributed by atoms with Crippen LogP contribution in [0.2, 0.25) is 4.34 Å². The molecule has 3 heterocycles. The van der Waals surface area contributed by atoms with Crippen molar-refractivity contribution in [3.63, 3.8) is 0 Å². The first-order chi connectivity index (χ1) is 11.3. The number of halogens is 1. The predicted octanol–water partition coefficient (Wildman–Crippen LogP) is 4.61. The van der Waals surface area contributed by atoms with Gasteiger partial charge >= 0.3 is 0 Å². The van der Waals surface area contributed by atoms with Crippen LogP contribution in [0.1, 0.15) is 16.8 Å². The van der Waals surface area contributed by atoms with E-state index in [0.29, 0.717) is 0 Å². The van der Waals surface area contributed by atoms with Crippen LogP contribution in [0, 0.1) is 0 Å². The number of aromatic nitrogens is 1. The molecule has 118 valence electrons. The highest BCUT2D eigenvalue weighted by Gasteiger charge is 2.19. The lowest BCUT2D eigenvalue weighted by atomic mass is 10.1. The molecule has 1 N–H and O–H groups in total. The molecule has 0 fully saturated rings. The monoisotopic (exact) mass is 342 g/mol. The van der Waals surface area contributed by atoms with Crippen LogP contribution in [-0.4, -0.2) is 17.7 Å². The van der Waals surface area contributed by atoms with Gasteiger partial charge in [0, 0.05) is 41.8 Å². The molecule has 0 saturated heterocycles. The van der Waals surface area contributed by atoms with Crippen LogP contribution in [0.5, 0.6) is 0 Å². The molecule has 0 amide bonds. The zero-order valence-corrected chi connectivity index (χ0v) is 14.5. The maximum absolute atomic E-state index is 6.16. The molecule has 1 aromatic carbocycles. The lowest BCUT2D eigenvalue weighted by Crippen LogP contribution is -2.17. The minimum Gasteiger partial charge on any atom is -0.346 e. The van der Waals surface area contributed by atoms with Gasteiger partial charge in [-0.3, -0.25) is 0 Å². The predicted molar refractivity (Wildman–Crippen MR) is 98.6 cm³/mol. The van der Waals surface area contributed by atoms with E-state index in [0.717, 1.165) is 36.8 Å². The number of fused-ring (bicyclic) bond motifs is 1. The van der Waals surface area contributed by atoms with Gasteiger partial charge in [-0.15, -0.1) is 11.3 Å². The van der Waals surface area contributed by atoms with Crippen LogP contribution >= 0.6 is 22.9 Å². The molecule has 0 radical (unpaired) electrons. The summed E-state index contributed by atoms with van der Waals surface area (Å²) in [6, 6.07) is 14.8. The zero-order chi connectivity index (χ0) is 15.6. The van der Waals surface area contributed by atoms with Gasteiger partial charge in [-0.1, -0.05) is 41.9 Å². The normalized spacial score (nSPS) is 14.5. The number of hydrogen-bond donors (Lipinski definition) is 1. The van der Waals surface area contributed by atoms with Gasteiger partial charge in [-0.05, 0) is 36.2 Å². The molecule has 2 nitrogen and oxygen atoms in total. The van der Waals surface area contributed by atoms with Crippen LogP contribution in [0.4, 0.5) is 0 Å². The Labute approximate surface area is 145 Å². The highest BCUT2D eigenvalue weighted by atomic mass is 35.5. The number of thiophene rings is 1. The second kappa shape index (κ2) is 6.52. The second-order valence-electron chi connectivity index (χ2n) is 5.94. The van der Waals surface area contributed by atoms with Gasteiger partial charge in [-0.25, -0.2) is 0 Å². The van der Waals surface area contributed by atoms with Crippen molar-refractivity contribution in [2.75, 3.05) is 13.1 Å². The van der Waals surface area contributed by atoms with E-state index in [4.69, 9.17) is 11.6 Å². The number of hydrogen-bond acceptors (Lipinski definition) is 2. The molecule has 0 aliphatic carbocycles. The third-order valence-corrected chi connectivity index (χ3v) is 5.69. The minimum absolute atomic E-state index is 0.858. The molecular weight excluding hydrogens is 324 g/mol. The second-order valence-corrected chi connectivity index (χ2v) is 7.65. The molecular formula is C19H19ClN2S. The van der Waals surface area contributed by atoms with Gasteiger partial charge < -0.3 is 9.88 Å². The van der Waals surface area contributed by atoms with Gasteiger partial charge in [0.2, 0.25) is 0 Å². The molecule has 23 heavy (non-hydrogen) atoms. The largest absolute Gasteiger partial charge is 0.346 e. The van der Waals surface area contributed by atoms with Crippen LogP contribution in [0.3, 0.4) is 0 Å². The molecule has 0 bridgehead atoms. The van der Waals surface area contributed by atoms with Crippen molar-refractivity contribution in [3.05, 3.63) is 69.8 Å². The Kier molecular flexibility index (Phi) is 4.25. The first kappa shape index (κ1) is 15.0. The summed E-state index contributed by atoms with van der Waals surface area (Å²) in [6.45, 7) is 3.03. The molecule has 0 unspecified atom stereocenters. The SMILES string of the molecule is Clc1ccc(-c2cn(Cc3ccccc3)c3c2CCNCC3)s1. The number of nitrogens with one attached hydrogen (secondary N) is 1. The van der Waals surface area contributed by atoms with E-state index in [9.17, 15) is 0 Å². The molecule has 1 aliphatic rings. The van der Waals surface area contributed by atoms with Gasteiger partial charge in [-0.2, -0.15) is 0 Å². The molecule has 3 aromatic rings. The average molecular weight is 343 g/mol. The Morgan fingerprint density at radius 1 is 1.04 bits per heavy atom. The lowest BCUT2D eigenvalue weighted by molar-refractivity contribution is 0.683. The van der Waals surface area contributed by atoms with Crippen molar-refractivity contribution in [1.29, 1.82) is 0 Å². The summed E-state index contributed by atoms with van der Waals surface area (Å²) >= 11 is 7.83. The van der Waals surface area contributed by atoms with E-state index in [2.05, 4.69) is 52.5 Å². The highest BCUT2D eigenvalue weighted by Crippen LogP contribution is 2.36. The summed E-state index contributed by atoms with van der Waals surface area (Å²) in [7, 11) is 0. The Morgan fingerprint density at radius 3 is 2.65 bits per heavy atom. The Balaban J connectivity index is 1.78. The van der Waals surface area contributed by atoms with E-state index < -0.39 is 0 Å². The number of nitrogens with zero attached hydrogens (tertiary/aromatic N) is 1. The molecule has 1 aliphatic heterocycles. The molecule has 0 saturated carbocycles. The fraction of sp³-hybridized carbons (Fsp3) is 0.263. The quantitative estimate of drug-likeness (QED) is 0.735. The molecule has 4 heteroatoms. The van der Waals surface area contributed by atoms with Gasteiger partial charge in [0.15, 0.2) is 0 Å². The van der Waals surface area contributed by atoms with E-state index >= 15 is 0 Å². The molecule has 0 atom stereocenters. The summed E-state index contributed by atoms with van der Waals surface area (Å²) in [6.07, 6.45) is 4.49. The smallest absolute Gasteiger partial charge is 0.0934 e.